The van der Waals surface area contributed by atoms with Crippen LogP contribution in [0.4, 0.5) is 19.0 Å². The van der Waals surface area contributed by atoms with E-state index in [0.29, 0.717) is 22.5 Å². The van der Waals surface area contributed by atoms with Crippen molar-refractivity contribution in [3.05, 3.63) is 65.9 Å². The molecule has 0 aliphatic carbocycles. The van der Waals surface area contributed by atoms with Gasteiger partial charge in [-0.15, -0.1) is 0 Å². The maximum Gasteiger partial charge on any atom is 0.416 e. The number of halogens is 3. The third kappa shape index (κ3) is 3.28. The molecule has 0 saturated heterocycles. The van der Waals surface area contributed by atoms with E-state index in [2.05, 4.69) is 9.97 Å². The molecule has 25 heavy (non-hydrogen) atoms. The van der Waals surface area contributed by atoms with E-state index in [0.717, 1.165) is 12.1 Å². The molecule has 2 N–H and O–H groups in total. The summed E-state index contributed by atoms with van der Waals surface area (Å²) in [5.74, 6) is 0.000510. The monoisotopic (exact) mass is 340 g/mol. The van der Waals surface area contributed by atoms with Gasteiger partial charge in [0.25, 0.3) is 0 Å². The summed E-state index contributed by atoms with van der Waals surface area (Å²) in [5.41, 5.74) is 7.05. The smallest absolute Gasteiger partial charge is 0.383 e. The number of rotatable bonds is 2. The average molecular weight is 340 g/mol. The highest BCUT2D eigenvalue weighted by atomic mass is 19.4. The number of aromatic nitrogens is 2. The Balaban J connectivity index is 2.15. The Morgan fingerprint density at radius 1 is 1.00 bits per heavy atom. The molecule has 0 radical (unpaired) electrons. The number of nitrogen functional groups attached to an aromatic ring is 1. The highest BCUT2D eigenvalue weighted by Gasteiger charge is 2.30. The Bertz CT molecular complexity index is 943. The molecule has 0 bridgehead atoms. The van der Waals surface area contributed by atoms with Crippen molar-refractivity contribution in [1.29, 1.82) is 5.26 Å². The van der Waals surface area contributed by atoms with Gasteiger partial charge in [-0.3, -0.25) is 4.98 Å². The fraction of sp³-hybridized carbons (Fsp3) is 0.0556. The van der Waals surface area contributed by atoms with Crippen molar-refractivity contribution >= 4 is 5.82 Å². The lowest BCUT2D eigenvalue weighted by Crippen LogP contribution is -2.04. The van der Waals surface area contributed by atoms with Gasteiger partial charge in [-0.2, -0.15) is 18.4 Å². The van der Waals surface area contributed by atoms with E-state index in [1.54, 1.807) is 30.5 Å². The third-order valence-electron chi connectivity index (χ3n) is 3.61. The molecule has 124 valence electrons. The van der Waals surface area contributed by atoms with Gasteiger partial charge in [-0.05, 0) is 35.9 Å². The van der Waals surface area contributed by atoms with Crippen LogP contribution in [0.5, 0.6) is 0 Å². The van der Waals surface area contributed by atoms with Crippen molar-refractivity contribution in [2.45, 2.75) is 6.18 Å². The molecule has 7 heteroatoms. The fourth-order valence-corrected chi connectivity index (χ4v) is 2.39. The third-order valence-corrected chi connectivity index (χ3v) is 3.61. The van der Waals surface area contributed by atoms with Crippen molar-refractivity contribution in [1.82, 2.24) is 9.97 Å². The highest BCUT2D eigenvalue weighted by Crippen LogP contribution is 2.34. The molecule has 0 atom stereocenters. The van der Waals surface area contributed by atoms with Crippen LogP contribution in [0.1, 0.15) is 11.1 Å². The molecule has 0 aliphatic rings. The second-order valence-electron chi connectivity index (χ2n) is 5.22. The van der Waals surface area contributed by atoms with Crippen LogP contribution < -0.4 is 5.73 Å². The molecule has 4 nitrogen and oxygen atoms in total. The minimum absolute atomic E-state index is 0.000510. The maximum atomic E-state index is 12.7. The van der Waals surface area contributed by atoms with Gasteiger partial charge >= 0.3 is 6.18 Å². The zero-order valence-electron chi connectivity index (χ0n) is 12.7. The second kappa shape index (κ2) is 6.24. The van der Waals surface area contributed by atoms with Crippen LogP contribution >= 0.6 is 0 Å². The molecule has 0 fully saturated rings. The molecule has 0 unspecified atom stereocenters. The van der Waals surface area contributed by atoms with Crippen LogP contribution in [0.15, 0.2) is 54.7 Å². The van der Waals surface area contributed by atoms with Gasteiger partial charge < -0.3 is 5.73 Å². The molecule has 3 aromatic rings. The first-order valence-corrected chi connectivity index (χ1v) is 7.20. The highest BCUT2D eigenvalue weighted by molar-refractivity contribution is 5.79. The second-order valence-corrected chi connectivity index (χ2v) is 5.22. The van der Waals surface area contributed by atoms with E-state index in [1.165, 1.54) is 12.1 Å². The molecular formula is C18H11F3N4. The summed E-state index contributed by atoms with van der Waals surface area (Å²) in [7, 11) is 0. The Morgan fingerprint density at radius 2 is 1.72 bits per heavy atom. The van der Waals surface area contributed by atoms with Crippen molar-refractivity contribution in [2.24, 2.45) is 0 Å². The standard InChI is InChI=1S/C18H11F3N4/c19-18(20,21)12-6-4-11(5-7-12)13-9-16(15-3-1-2-8-24-15)25-17(23)14(13)10-22/h1-9H,(H2,23,25). The quantitative estimate of drug-likeness (QED) is 0.755. The van der Waals surface area contributed by atoms with E-state index in [-0.39, 0.29) is 11.4 Å². The van der Waals surface area contributed by atoms with Crippen molar-refractivity contribution in [3.8, 4) is 28.6 Å². The predicted molar refractivity (Wildman–Crippen MR) is 87.0 cm³/mol. The number of alkyl halides is 3. The first-order chi connectivity index (χ1) is 11.9. The number of pyridine rings is 2. The molecular weight excluding hydrogens is 329 g/mol. The van der Waals surface area contributed by atoms with Gasteiger partial charge in [0.2, 0.25) is 0 Å². The van der Waals surface area contributed by atoms with Crippen LogP contribution in [0.25, 0.3) is 22.5 Å². The molecule has 0 spiro atoms. The first-order valence-electron chi connectivity index (χ1n) is 7.20. The van der Waals surface area contributed by atoms with Crippen molar-refractivity contribution < 1.29 is 13.2 Å². The Kier molecular flexibility index (Phi) is 4.11. The van der Waals surface area contributed by atoms with E-state index in [9.17, 15) is 18.4 Å². The zero-order chi connectivity index (χ0) is 18.0. The summed E-state index contributed by atoms with van der Waals surface area (Å²) < 4.78 is 38.2. The summed E-state index contributed by atoms with van der Waals surface area (Å²) >= 11 is 0. The number of nitrogens with two attached hydrogens (primary N) is 1. The van der Waals surface area contributed by atoms with Gasteiger partial charge in [0.15, 0.2) is 0 Å². The summed E-state index contributed by atoms with van der Waals surface area (Å²) in [6.07, 6.45) is -2.84. The van der Waals surface area contributed by atoms with Crippen LogP contribution in [0.3, 0.4) is 0 Å². The minimum atomic E-state index is -4.42. The number of nitrogens with zero attached hydrogens (tertiary/aromatic N) is 3. The van der Waals surface area contributed by atoms with Crippen molar-refractivity contribution in [3.63, 3.8) is 0 Å². The minimum Gasteiger partial charge on any atom is -0.383 e. The van der Waals surface area contributed by atoms with Crippen LogP contribution in [-0.4, -0.2) is 9.97 Å². The number of benzene rings is 1. The predicted octanol–water partition coefficient (Wildman–Crippen LogP) is 4.28. The molecule has 0 aliphatic heterocycles. The lowest BCUT2D eigenvalue weighted by atomic mass is 9.98. The summed E-state index contributed by atoms with van der Waals surface area (Å²) in [5, 5.41) is 9.34. The number of nitriles is 1. The molecule has 2 heterocycles. The van der Waals surface area contributed by atoms with E-state index in [1.807, 2.05) is 6.07 Å². The fourth-order valence-electron chi connectivity index (χ4n) is 2.39. The van der Waals surface area contributed by atoms with E-state index in [4.69, 9.17) is 5.73 Å². The lowest BCUT2D eigenvalue weighted by molar-refractivity contribution is -0.137. The SMILES string of the molecule is N#Cc1c(-c2ccc(C(F)(F)F)cc2)cc(-c2ccccn2)nc1N. The number of anilines is 1. The molecule has 3 rings (SSSR count). The number of hydrogen-bond donors (Lipinski definition) is 1. The Hall–Kier alpha value is -3.40. The average Bonchev–Trinajstić information content (AvgIpc) is 2.61. The Morgan fingerprint density at radius 3 is 2.28 bits per heavy atom. The van der Waals surface area contributed by atoms with Crippen LogP contribution in [0, 0.1) is 11.3 Å². The van der Waals surface area contributed by atoms with E-state index >= 15 is 0 Å². The van der Waals surface area contributed by atoms with Crippen LogP contribution in [-0.2, 0) is 6.18 Å². The van der Waals surface area contributed by atoms with Gasteiger partial charge in [0.1, 0.15) is 17.5 Å². The molecule has 1 aromatic carbocycles. The molecule has 2 aromatic heterocycles. The first kappa shape index (κ1) is 16.5. The van der Waals surface area contributed by atoms with Gasteiger partial charge in [0, 0.05) is 11.8 Å². The summed E-state index contributed by atoms with van der Waals surface area (Å²) in [6, 6.07) is 13.3. The normalized spacial score (nSPS) is 11.1. The van der Waals surface area contributed by atoms with Gasteiger partial charge in [0.05, 0.1) is 17.0 Å². The number of hydrogen-bond acceptors (Lipinski definition) is 4. The van der Waals surface area contributed by atoms with Gasteiger partial charge in [-0.25, -0.2) is 4.98 Å². The van der Waals surface area contributed by atoms with E-state index < -0.39 is 11.7 Å². The van der Waals surface area contributed by atoms with Crippen molar-refractivity contribution in [2.75, 3.05) is 5.73 Å². The summed E-state index contributed by atoms with van der Waals surface area (Å²) in [6.45, 7) is 0. The topological polar surface area (TPSA) is 75.6 Å². The largest absolute Gasteiger partial charge is 0.416 e. The zero-order valence-corrected chi connectivity index (χ0v) is 12.7. The molecule has 0 saturated carbocycles. The lowest BCUT2D eigenvalue weighted by Gasteiger charge is -2.11. The maximum absolute atomic E-state index is 12.7. The van der Waals surface area contributed by atoms with Gasteiger partial charge in [-0.1, -0.05) is 18.2 Å². The summed E-state index contributed by atoms with van der Waals surface area (Å²) in [4.78, 5) is 8.35. The Labute approximate surface area is 141 Å². The molecule has 0 amide bonds. The van der Waals surface area contributed by atoms with Crippen LogP contribution in [0.2, 0.25) is 0 Å².